The van der Waals surface area contributed by atoms with E-state index < -0.39 is 23.0 Å². The predicted molar refractivity (Wildman–Crippen MR) is 97.4 cm³/mol. The standard InChI is InChI=1S/C16H13F3N6O2.ClH/c1-3-12-20-7(2)6-24(12)10-5-11-9(4-8(10)16(17,18)19)21-14(26)13-22-23-15(27)25(11)13;/h4-6H,3H2,1-2H3,(H,21,26)(H,23,27);1H. The van der Waals surface area contributed by atoms with Crippen molar-refractivity contribution >= 4 is 29.1 Å². The maximum absolute atomic E-state index is 13.7. The van der Waals surface area contributed by atoms with Crippen LogP contribution in [0.25, 0.3) is 22.4 Å². The van der Waals surface area contributed by atoms with E-state index in [9.17, 15) is 22.8 Å². The molecule has 0 amide bonds. The predicted octanol–water partition coefficient (Wildman–Crippen LogP) is 2.36. The molecule has 0 fully saturated rings. The number of halogens is 4. The van der Waals surface area contributed by atoms with Gasteiger partial charge in [0.15, 0.2) is 0 Å². The zero-order valence-electron chi connectivity index (χ0n) is 14.6. The Hall–Kier alpha value is -3.08. The van der Waals surface area contributed by atoms with Crippen LogP contribution in [0.2, 0.25) is 0 Å². The Morgan fingerprint density at radius 1 is 1.21 bits per heavy atom. The summed E-state index contributed by atoms with van der Waals surface area (Å²) in [6, 6.07) is 2.03. The molecule has 0 spiro atoms. The molecule has 0 saturated heterocycles. The lowest BCUT2D eigenvalue weighted by Gasteiger charge is -2.16. The number of alkyl halides is 3. The quantitative estimate of drug-likeness (QED) is 0.525. The Morgan fingerprint density at radius 2 is 1.93 bits per heavy atom. The molecule has 28 heavy (non-hydrogen) atoms. The van der Waals surface area contributed by atoms with Gasteiger partial charge in [0.2, 0.25) is 5.65 Å². The van der Waals surface area contributed by atoms with Crippen LogP contribution in [0.3, 0.4) is 0 Å². The largest absolute Gasteiger partial charge is 0.418 e. The molecule has 0 unspecified atom stereocenters. The minimum absolute atomic E-state index is 0. The fourth-order valence-electron chi connectivity index (χ4n) is 3.15. The lowest BCUT2D eigenvalue weighted by atomic mass is 10.1. The molecule has 4 rings (SSSR count). The summed E-state index contributed by atoms with van der Waals surface area (Å²) < 4.78 is 43.5. The highest BCUT2D eigenvalue weighted by atomic mass is 35.5. The highest BCUT2D eigenvalue weighted by Gasteiger charge is 2.35. The summed E-state index contributed by atoms with van der Waals surface area (Å²) in [5.74, 6) is 0.442. The molecule has 0 aliphatic rings. The van der Waals surface area contributed by atoms with Crippen LogP contribution >= 0.6 is 12.4 Å². The van der Waals surface area contributed by atoms with Crippen molar-refractivity contribution in [2.24, 2.45) is 0 Å². The molecule has 0 aliphatic carbocycles. The lowest BCUT2D eigenvalue weighted by molar-refractivity contribution is -0.137. The van der Waals surface area contributed by atoms with Crippen molar-refractivity contribution in [3.63, 3.8) is 0 Å². The molecule has 0 bridgehead atoms. The van der Waals surface area contributed by atoms with Gasteiger partial charge in [-0.2, -0.15) is 13.2 Å². The Kier molecular flexibility index (Phi) is 4.58. The zero-order chi connectivity index (χ0) is 19.5. The highest BCUT2D eigenvalue weighted by Crippen LogP contribution is 2.36. The minimum atomic E-state index is -4.68. The number of hydrogen-bond acceptors (Lipinski definition) is 4. The number of aromatic amines is 2. The van der Waals surface area contributed by atoms with Gasteiger partial charge in [-0.05, 0) is 19.1 Å². The zero-order valence-corrected chi connectivity index (χ0v) is 15.4. The number of nitrogens with zero attached hydrogens (tertiary/aromatic N) is 4. The van der Waals surface area contributed by atoms with Gasteiger partial charge in [-0.3, -0.25) is 4.79 Å². The van der Waals surface area contributed by atoms with Crippen LogP contribution in [0.1, 0.15) is 24.0 Å². The summed E-state index contributed by atoms with van der Waals surface area (Å²) in [6.45, 7) is 3.46. The molecular formula is C16H14ClF3N6O2. The summed E-state index contributed by atoms with van der Waals surface area (Å²) in [5, 5.41) is 5.76. The monoisotopic (exact) mass is 414 g/mol. The summed E-state index contributed by atoms with van der Waals surface area (Å²) in [7, 11) is 0. The van der Waals surface area contributed by atoms with Gasteiger partial charge in [0.1, 0.15) is 5.82 Å². The normalized spacial score (nSPS) is 11.9. The van der Waals surface area contributed by atoms with Gasteiger partial charge in [-0.25, -0.2) is 19.3 Å². The van der Waals surface area contributed by atoms with Crippen molar-refractivity contribution in [2.75, 3.05) is 0 Å². The first kappa shape index (κ1) is 19.7. The molecule has 0 atom stereocenters. The van der Waals surface area contributed by atoms with Crippen molar-refractivity contribution in [1.82, 2.24) is 29.1 Å². The highest BCUT2D eigenvalue weighted by molar-refractivity contribution is 5.85. The fourth-order valence-corrected chi connectivity index (χ4v) is 3.15. The topological polar surface area (TPSA) is 101 Å². The van der Waals surface area contributed by atoms with E-state index >= 15 is 0 Å². The number of rotatable bonds is 2. The van der Waals surface area contributed by atoms with Crippen molar-refractivity contribution in [1.29, 1.82) is 0 Å². The van der Waals surface area contributed by atoms with E-state index in [2.05, 4.69) is 20.2 Å². The number of benzene rings is 1. The second kappa shape index (κ2) is 6.51. The smallest absolute Gasteiger partial charge is 0.317 e. The van der Waals surface area contributed by atoms with Gasteiger partial charge in [0, 0.05) is 12.6 Å². The molecule has 1 aromatic carbocycles. The molecule has 2 N–H and O–H groups in total. The lowest BCUT2D eigenvalue weighted by Crippen LogP contribution is -2.19. The number of aromatic nitrogens is 6. The third-order valence-corrected chi connectivity index (χ3v) is 4.26. The van der Waals surface area contributed by atoms with Crippen LogP contribution in [0.4, 0.5) is 13.2 Å². The number of aryl methyl sites for hydroxylation is 2. The first-order valence-electron chi connectivity index (χ1n) is 8.00. The molecule has 148 valence electrons. The SMILES string of the molecule is CCc1nc(C)cn1-c1cc2c(cc1C(F)(F)F)[nH]c(=O)c1n[nH]c(=O)n12.Cl. The molecule has 8 nitrogen and oxygen atoms in total. The second-order valence-electron chi connectivity index (χ2n) is 6.05. The van der Waals surface area contributed by atoms with Crippen molar-refractivity contribution in [3.8, 4) is 5.69 Å². The first-order chi connectivity index (χ1) is 12.7. The Morgan fingerprint density at radius 3 is 2.57 bits per heavy atom. The van der Waals surface area contributed by atoms with Crippen LogP contribution in [0.5, 0.6) is 0 Å². The van der Waals surface area contributed by atoms with E-state index in [0.29, 0.717) is 17.9 Å². The average Bonchev–Trinajstić information content (AvgIpc) is 3.16. The van der Waals surface area contributed by atoms with E-state index in [1.54, 1.807) is 13.8 Å². The maximum atomic E-state index is 13.7. The van der Waals surface area contributed by atoms with Crippen LogP contribution in [0.15, 0.2) is 27.9 Å². The molecule has 4 aromatic rings. The van der Waals surface area contributed by atoms with E-state index in [1.165, 1.54) is 16.8 Å². The molecule has 0 aliphatic heterocycles. The number of nitrogens with one attached hydrogen (secondary N) is 2. The average molecular weight is 415 g/mol. The fraction of sp³-hybridized carbons (Fsp3) is 0.250. The first-order valence-corrected chi connectivity index (χ1v) is 8.00. The van der Waals surface area contributed by atoms with Crippen LogP contribution in [0, 0.1) is 6.92 Å². The number of hydrogen-bond donors (Lipinski definition) is 2. The van der Waals surface area contributed by atoms with Crippen LogP contribution in [-0.2, 0) is 12.6 Å². The second-order valence-corrected chi connectivity index (χ2v) is 6.05. The van der Waals surface area contributed by atoms with Crippen LogP contribution in [-0.4, -0.2) is 29.1 Å². The van der Waals surface area contributed by atoms with E-state index in [0.717, 1.165) is 10.5 Å². The van der Waals surface area contributed by atoms with Crippen molar-refractivity contribution in [3.05, 3.63) is 56.2 Å². The van der Waals surface area contributed by atoms with Crippen LogP contribution < -0.4 is 11.2 Å². The van der Waals surface area contributed by atoms with Gasteiger partial charge in [-0.1, -0.05) is 6.92 Å². The molecular weight excluding hydrogens is 401 g/mol. The van der Waals surface area contributed by atoms with Gasteiger partial charge < -0.3 is 9.55 Å². The summed E-state index contributed by atoms with van der Waals surface area (Å²) in [4.78, 5) is 30.7. The van der Waals surface area contributed by atoms with Gasteiger partial charge in [0.25, 0.3) is 5.56 Å². The third kappa shape index (κ3) is 2.87. The van der Waals surface area contributed by atoms with Crippen molar-refractivity contribution < 1.29 is 13.2 Å². The Bertz CT molecular complexity index is 1310. The molecule has 3 heterocycles. The number of fused-ring (bicyclic) bond motifs is 3. The van der Waals surface area contributed by atoms with E-state index in [1.807, 2.05) is 0 Å². The van der Waals surface area contributed by atoms with E-state index in [4.69, 9.17) is 0 Å². The Balaban J connectivity index is 0.00000225. The third-order valence-electron chi connectivity index (χ3n) is 4.26. The van der Waals surface area contributed by atoms with Gasteiger partial charge in [-0.15, -0.1) is 17.5 Å². The summed E-state index contributed by atoms with van der Waals surface area (Å²) in [6.07, 6.45) is -2.77. The Labute approximate surface area is 160 Å². The molecule has 3 aromatic heterocycles. The summed E-state index contributed by atoms with van der Waals surface area (Å²) in [5.41, 5.74) is -2.31. The molecule has 0 radical (unpaired) electrons. The molecule has 0 saturated carbocycles. The molecule has 12 heteroatoms. The summed E-state index contributed by atoms with van der Waals surface area (Å²) >= 11 is 0. The van der Waals surface area contributed by atoms with Crippen molar-refractivity contribution in [2.45, 2.75) is 26.4 Å². The van der Waals surface area contributed by atoms with Gasteiger partial charge in [0.05, 0.1) is 28.0 Å². The van der Waals surface area contributed by atoms with Gasteiger partial charge >= 0.3 is 11.9 Å². The number of imidazole rings is 1. The number of H-pyrrole nitrogens is 2. The minimum Gasteiger partial charge on any atom is -0.317 e. The van der Waals surface area contributed by atoms with E-state index in [-0.39, 0.29) is 34.8 Å². The maximum Gasteiger partial charge on any atom is 0.418 e.